The average molecular weight is 389 g/mol. The van der Waals surface area contributed by atoms with Crippen molar-refractivity contribution in [1.82, 2.24) is 14.9 Å². The molecule has 0 radical (unpaired) electrons. The quantitative estimate of drug-likeness (QED) is 0.467. The van der Waals surface area contributed by atoms with Crippen molar-refractivity contribution in [3.63, 3.8) is 0 Å². The lowest BCUT2D eigenvalue weighted by Crippen LogP contribution is -2.41. The van der Waals surface area contributed by atoms with Crippen LogP contribution in [0.5, 0.6) is 0 Å². The number of benzene rings is 1. The van der Waals surface area contributed by atoms with Gasteiger partial charge in [0.15, 0.2) is 28.4 Å². The van der Waals surface area contributed by atoms with Gasteiger partial charge >= 0.3 is 0 Å². The Bertz CT molecular complexity index is 827. The molecule has 7 N–H and O–H groups in total. The van der Waals surface area contributed by atoms with E-state index < -0.39 is 11.9 Å². The largest absolute Gasteiger partial charge is 0.382 e. The molecule has 2 aromatic rings. The fourth-order valence-corrected chi connectivity index (χ4v) is 2.26. The smallest absolute Gasteiger partial charge is 0.283 e. The lowest BCUT2D eigenvalue weighted by molar-refractivity contribution is 0.0832. The van der Waals surface area contributed by atoms with Crippen LogP contribution in [-0.2, 0) is 6.54 Å². The van der Waals surface area contributed by atoms with Crippen molar-refractivity contribution >= 4 is 58.3 Å². The van der Waals surface area contributed by atoms with Crippen LogP contribution in [-0.4, -0.2) is 26.7 Å². The van der Waals surface area contributed by atoms with Crippen LogP contribution in [0.25, 0.3) is 0 Å². The summed E-state index contributed by atoms with van der Waals surface area (Å²) in [4.78, 5) is 21.1. The van der Waals surface area contributed by atoms with Gasteiger partial charge in [-0.3, -0.25) is 15.1 Å². The summed E-state index contributed by atoms with van der Waals surface area (Å²) in [5, 5.41) is 8.11. The minimum absolute atomic E-state index is 0.0474. The summed E-state index contributed by atoms with van der Waals surface area (Å²) < 4.78 is 0. The number of aromatic nitrogens is 2. The predicted molar refractivity (Wildman–Crippen MR) is 94.1 cm³/mol. The summed E-state index contributed by atoms with van der Waals surface area (Å²) in [6.07, 6.45) is 0. The maximum atomic E-state index is 12.6. The molecule has 0 atom stereocenters. The number of carbonyl (C=O) groups excluding carboxylic acids is 1. The lowest BCUT2D eigenvalue weighted by Gasteiger charge is -2.21. The minimum atomic E-state index is -0.750. The number of halogens is 3. The van der Waals surface area contributed by atoms with Gasteiger partial charge in [-0.15, -0.1) is 0 Å². The van der Waals surface area contributed by atoms with Crippen LogP contribution in [0.3, 0.4) is 0 Å². The van der Waals surface area contributed by atoms with Crippen LogP contribution in [0.2, 0.25) is 15.2 Å². The van der Waals surface area contributed by atoms with Crippen LogP contribution >= 0.6 is 34.8 Å². The van der Waals surface area contributed by atoms with E-state index >= 15 is 0 Å². The Balaban J connectivity index is 2.37. The highest BCUT2D eigenvalue weighted by Gasteiger charge is 2.24. The van der Waals surface area contributed by atoms with Crippen LogP contribution in [0, 0.1) is 5.41 Å². The van der Waals surface area contributed by atoms with Crippen molar-refractivity contribution in [1.29, 1.82) is 5.41 Å². The van der Waals surface area contributed by atoms with E-state index in [-0.39, 0.29) is 29.0 Å². The number of nitrogens with two attached hydrogens (primary N) is 3. The molecule has 24 heavy (non-hydrogen) atoms. The standard InChI is InChI=1S/C13H12Cl3N7O/c14-6-2-1-5(3-7(6)15)4-23(13(19)20)12(24)8-10(17)22-11(18)9(16)21-8/h1-3H,4H2,(H3,19,20)(H4,17,18,22). The van der Waals surface area contributed by atoms with Gasteiger partial charge in [-0.05, 0) is 17.7 Å². The van der Waals surface area contributed by atoms with Gasteiger partial charge in [0.25, 0.3) is 5.91 Å². The molecule has 11 heteroatoms. The highest BCUT2D eigenvalue weighted by Crippen LogP contribution is 2.24. The van der Waals surface area contributed by atoms with Crippen molar-refractivity contribution in [3.05, 3.63) is 44.7 Å². The van der Waals surface area contributed by atoms with Crippen LogP contribution in [0.15, 0.2) is 18.2 Å². The number of nitrogens with zero attached hydrogens (tertiary/aromatic N) is 3. The Morgan fingerprint density at radius 3 is 2.38 bits per heavy atom. The zero-order chi connectivity index (χ0) is 18.0. The van der Waals surface area contributed by atoms with Crippen LogP contribution in [0.1, 0.15) is 16.1 Å². The number of nitrogens with one attached hydrogen (secondary N) is 1. The number of anilines is 2. The summed E-state index contributed by atoms with van der Waals surface area (Å²) in [5.41, 5.74) is 17.0. The maximum absolute atomic E-state index is 12.6. The molecule has 1 aromatic carbocycles. The zero-order valence-electron chi connectivity index (χ0n) is 12.1. The highest BCUT2D eigenvalue weighted by molar-refractivity contribution is 6.42. The third kappa shape index (κ3) is 3.78. The minimum Gasteiger partial charge on any atom is -0.382 e. The normalized spacial score (nSPS) is 10.5. The van der Waals surface area contributed by atoms with Crippen LogP contribution < -0.4 is 17.2 Å². The van der Waals surface area contributed by atoms with Crippen molar-refractivity contribution in [3.8, 4) is 0 Å². The van der Waals surface area contributed by atoms with E-state index in [9.17, 15) is 4.79 Å². The molecule has 0 aliphatic heterocycles. The molecule has 0 bridgehead atoms. The van der Waals surface area contributed by atoms with E-state index in [1.807, 2.05) is 0 Å². The average Bonchev–Trinajstić information content (AvgIpc) is 2.51. The molecule has 0 unspecified atom stereocenters. The molecule has 0 spiro atoms. The third-order valence-electron chi connectivity index (χ3n) is 2.97. The van der Waals surface area contributed by atoms with Crippen molar-refractivity contribution < 1.29 is 4.79 Å². The first kappa shape index (κ1) is 18.1. The van der Waals surface area contributed by atoms with E-state index in [0.29, 0.717) is 15.6 Å². The predicted octanol–water partition coefficient (Wildman–Crippen LogP) is 2.14. The molecule has 0 saturated carbocycles. The number of amides is 1. The lowest BCUT2D eigenvalue weighted by atomic mass is 10.2. The SMILES string of the molecule is N=C(N)N(Cc1ccc(Cl)c(Cl)c1)C(=O)c1nc(Cl)c(N)nc1N. The molecule has 126 valence electrons. The summed E-state index contributed by atoms with van der Waals surface area (Å²) in [5.74, 6) is -1.59. The molecule has 2 rings (SSSR count). The number of nitrogen functional groups attached to an aromatic ring is 2. The first-order valence-corrected chi connectivity index (χ1v) is 7.52. The van der Waals surface area contributed by atoms with Gasteiger partial charge in [0.05, 0.1) is 16.6 Å². The molecule has 0 aliphatic rings. The number of guanidine groups is 1. The van der Waals surface area contributed by atoms with Gasteiger partial charge in [-0.1, -0.05) is 40.9 Å². The van der Waals surface area contributed by atoms with Gasteiger partial charge < -0.3 is 17.2 Å². The van der Waals surface area contributed by atoms with Crippen LogP contribution in [0.4, 0.5) is 11.6 Å². The Morgan fingerprint density at radius 1 is 1.12 bits per heavy atom. The highest BCUT2D eigenvalue weighted by atomic mass is 35.5. The second-order valence-corrected chi connectivity index (χ2v) is 5.83. The summed E-state index contributed by atoms with van der Waals surface area (Å²) in [6, 6.07) is 4.76. The molecule has 1 aromatic heterocycles. The zero-order valence-corrected chi connectivity index (χ0v) is 14.3. The molecule has 1 amide bonds. The molecular weight excluding hydrogens is 377 g/mol. The van der Waals surface area contributed by atoms with Gasteiger partial charge in [-0.25, -0.2) is 9.97 Å². The second-order valence-electron chi connectivity index (χ2n) is 4.66. The first-order valence-electron chi connectivity index (χ1n) is 6.39. The van der Waals surface area contributed by atoms with Gasteiger partial charge in [0.2, 0.25) is 0 Å². The van der Waals surface area contributed by atoms with Gasteiger partial charge in [0, 0.05) is 0 Å². The number of hydrogen-bond acceptors (Lipinski definition) is 6. The van der Waals surface area contributed by atoms with E-state index in [0.717, 1.165) is 4.90 Å². The molecule has 0 aliphatic carbocycles. The number of carbonyl (C=O) groups is 1. The number of hydrogen-bond donors (Lipinski definition) is 4. The van der Waals surface area contributed by atoms with Crippen molar-refractivity contribution in [2.24, 2.45) is 5.73 Å². The van der Waals surface area contributed by atoms with E-state index in [1.165, 1.54) is 0 Å². The Labute approximate surface area is 152 Å². The molecule has 0 fully saturated rings. The molecule has 8 nitrogen and oxygen atoms in total. The van der Waals surface area contributed by atoms with E-state index in [1.54, 1.807) is 18.2 Å². The molecule has 1 heterocycles. The Morgan fingerprint density at radius 2 is 1.79 bits per heavy atom. The molecule has 0 saturated heterocycles. The third-order valence-corrected chi connectivity index (χ3v) is 3.99. The maximum Gasteiger partial charge on any atom is 0.283 e. The summed E-state index contributed by atoms with van der Waals surface area (Å²) >= 11 is 17.6. The Kier molecular flexibility index (Phi) is 5.33. The summed E-state index contributed by atoms with van der Waals surface area (Å²) in [7, 11) is 0. The first-order chi connectivity index (χ1) is 11.2. The number of rotatable bonds is 3. The van der Waals surface area contributed by atoms with E-state index in [4.69, 9.17) is 57.4 Å². The Hall–Kier alpha value is -2.29. The monoisotopic (exact) mass is 387 g/mol. The van der Waals surface area contributed by atoms with E-state index in [2.05, 4.69) is 9.97 Å². The second kappa shape index (κ2) is 7.08. The van der Waals surface area contributed by atoms with Crippen molar-refractivity contribution in [2.45, 2.75) is 6.54 Å². The summed E-state index contributed by atoms with van der Waals surface area (Å²) in [6.45, 7) is -0.0474. The topological polar surface area (TPSA) is 148 Å². The van der Waals surface area contributed by atoms with Gasteiger partial charge in [-0.2, -0.15) is 0 Å². The van der Waals surface area contributed by atoms with Gasteiger partial charge in [0.1, 0.15) is 0 Å². The fraction of sp³-hybridized carbons (Fsp3) is 0.0769. The van der Waals surface area contributed by atoms with Crippen molar-refractivity contribution in [2.75, 3.05) is 11.5 Å². The fourth-order valence-electron chi connectivity index (χ4n) is 1.81. The molecular formula is C13H12Cl3N7O.